The summed E-state index contributed by atoms with van der Waals surface area (Å²) >= 11 is 0. The zero-order valence-electron chi connectivity index (χ0n) is 10.3. The van der Waals surface area contributed by atoms with E-state index in [2.05, 4.69) is 18.2 Å². The molecule has 0 fully saturated rings. The van der Waals surface area contributed by atoms with Crippen LogP contribution >= 0.6 is 0 Å². The van der Waals surface area contributed by atoms with Gasteiger partial charge in [0.2, 0.25) is 0 Å². The predicted octanol–water partition coefficient (Wildman–Crippen LogP) is 1.32. The Morgan fingerprint density at radius 2 is 2.00 bits per heavy atom. The Morgan fingerprint density at radius 3 is 2.42 bits per heavy atom. The molecule has 0 aliphatic carbocycles. The van der Waals surface area contributed by atoms with Crippen LogP contribution in [0.3, 0.4) is 0 Å². The van der Waals surface area contributed by atoms with Gasteiger partial charge in [-0.15, -0.1) is 10.1 Å². The van der Waals surface area contributed by atoms with Gasteiger partial charge in [-0.3, -0.25) is 5.41 Å². The maximum Gasteiger partial charge on any atom is 0.291 e. The second-order valence-corrected chi connectivity index (χ2v) is 3.91. The van der Waals surface area contributed by atoms with Crippen LogP contribution in [0.4, 0.5) is 0 Å². The molecule has 0 saturated heterocycles. The number of benzene rings is 1. The van der Waals surface area contributed by atoms with Gasteiger partial charge < -0.3 is 15.8 Å². The predicted molar refractivity (Wildman–Crippen MR) is 71.3 cm³/mol. The molecule has 4 N–H and O–H groups in total. The summed E-state index contributed by atoms with van der Waals surface area (Å²) in [6, 6.07) is 10.4. The molecular formula is C12H16N4O3. The summed E-state index contributed by atoms with van der Waals surface area (Å²) < 4.78 is 0. The molecule has 0 amide bonds. The Morgan fingerprint density at radius 1 is 1.42 bits per heavy atom. The van der Waals surface area contributed by atoms with Crippen LogP contribution in [0.5, 0.6) is 0 Å². The van der Waals surface area contributed by atoms with Gasteiger partial charge in [0, 0.05) is 13.1 Å². The molecule has 2 rings (SSSR count). The minimum absolute atomic E-state index is 0.165. The van der Waals surface area contributed by atoms with E-state index in [1.807, 2.05) is 23.1 Å². The molecule has 19 heavy (non-hydrogen) atoms. The summed E-state index contributed by atoms with van der Waals surface area (Å²) in [7, 11) is 0. The average molecular weight is 264 g/mol. The van der Waals surface area contributed by atoms with E-state index in [9.17, 15) is 0 Å². The number of hydrogen-bond acceptors (Lipinski definition) is 3. The van der Waals surface area contributed by atoms with Crippen LogP contribution in [0.1, 0.15) is 12.0 Å². The van der Waals surface area contributed by atoms with Crippen molar-refractivity contribution >= 4 is 11.5 Å². The van der Waals surface area contributed by atoms with E-state index in [1.54, 1.807) is 0 Å². The zero-order valence-corrected chi connectivity index (χ0v) is 10.3. The molecule has 0 radical (unpaired) electrons. The standard InChI is InChI=1S/C12H15N3.HNO3/c13-12(14)15-8-6-11(7-9-15)10-4-2-1-3-5-10;2-1(3)4/h1-6H,7-9H2,(H3,13,14);(H,2,3,4). The maximum atomic E-state index is 8.36. The Hall–Kier alpha value is -2.57. The van der Waals surface area contributed by atoms with Crippen molar-refractivity contribution in [3.05, 3.63) is 52.1 Å². The van der Waals surface area contributed by atoms with E-state index in [-0.39, 0.29) is 5.96 Å². The van der Waals surface area contributed by atoms with E-state index >= 15 is 0 Å². The molecule has 1 aliphatic rings. The second kappa shape index (κ2) is 7.00. The number of rotatable bonds is 1. The highest BCUT2D eigenvalue weighted by Gasteiger charge is 2.12. The Bertz CT molecular complexity index is 469. The molecule has 0 bridgehead atoms. The van der Waals surface area contributed by atoms with Crippen molar-refractivity contribution in [1.82, 2.24) is 4.90 Å². The van der Waals surface area contributed by atoms with E-state index in [0.29, 0.717) is 0 Å². The third-order valence-electron chi connectivity index (χ3n) is 2.69. The summed E-state index contributed by atoms with van der Waals surface area (Å²) in [5, 5.41) is 21.0. The van der Waals surface area contributed by atoms with Crippen molar-refractivity contribution in [2.45, 2.75) is 6.42 Å². The molecule has 0 saturated carbocycles. The molecule has 0 unspecified atom stereocenters. The Balaban J connectivity index is 0.000000399. The van der Waals surface area contributed by atoms with Crippen molar-refractivity contribution in [2.75, 3.05) is 13.1 Å². The lowest BCUT2D eigenvalue weighted by atomic mass is 10.00. The maximum absolute atomic E-state index is 8.36. The van der Waals surface area contributed by atoms with Gasteiger partial charge in [-0.2, -0.15) is 0 Å². The molecule has 7 heteroatoms. The van der Waals surface area contributed by atoms with E-state index in [1.165, 1.54) is 11.1 Å². The van der Waals surface area contributed by atoms with Crippen LogP contribution in [0.15, 0.2) is 36.4 Å². The fraction of sp³-hybridized carbons (Fsp3) is 0.250. The third-order valence-corrected chi connectivity index (χ3v) is 2.69. The molecule has 102 valence electrons. The second-order valence-electron chi connectivity index (χ2n) is 3.91. The molecule has 1 aliphatic heterocycles. The number of guanidine groups is 1. The van der Waals surface area contributed by atoms with Crippen molar-refractivity contribution < 1.29 is 10.3 Å². The Kier molecular flexibility index (Phi) is 5.34. The first-order valence-electron chi connectivity index (χ1n) is 5.67. The normalized spacial score (nSPS) is 13.9. The zero-order chi connectivity index (χ0) is 14.3. The SMILES string of the molecule is N=C(N)N1CC=C(c2ccccc2)CC1.O=[N+]([O-])O. The van der Waals surface area contributed by atoms with Crippen LogP contribution in [-0.4, -0.2) is 34.2 Å². The number of nitrogens with two attached hydrogens (primary N) is 1. The molecule has 7 nitrogen and oxygen atoms in total. The van der Waals surface area contributed by atoms with E-state index < -0.39 is 5.09 Å². The van der Waals surface area contributed by atoms with Gasteiger partial charge in [0.15, 0.2) is 5.96 Å². The van der Waals surface area contributed by atoms with Crippen LogP contribution < -0.4 is 5.73 Å². The lowest BCUT2D eigenvalue weighted by molar-refractivity contribution is -0.742. The fourth-order valence-electron chi connectivity index (χ4n) is 1.80. The van der Waals surface area contributed by atoms with Crippen molar-refractivity contribution in [2.24, 2.45) is 5.73 Å². The van der Waals surface area contributed by atoms with Gasteiger partial charge in [0.05, 0.1) is 0 Å². The third kappa shape index (κ3) is 5.07. The van der Waals surface area contributed by atoms with Crippen molar-refractivity contribution in [3.63, 3.8) is 0 Å². The highest BCUT2D eigenvalue weighted by Crippen LogP contribution is 2.21. The lowest BCUT2D eigenvalue weighted by Crippen LogP contribution is -2.39. The smallest absolute Gasteiger partial charge is 0.291 e. The van der Waals surface area contributed by atoms with Crippen LogP contribution in [0.25, 0.3) is 5.57 Å². The fourth-order valence-corrected chi connectivity index (χ4v) is 1.80. The molecule has 1 aromatic rings. The van der Waals surface area contributed by atoms with Crippen LogP contribution in [-0.2, 0) is 0 Å². The minimum atomic E-state index is -1.50. The summed E-state index contributed by atoms with van der Waals surface area (Å²) in [6.07, 6.45) is 3.11. The van der Waals surface area contributed by atoms with Gasteiger partial charge >= 0.3 is 0 Å². The summed E-state index contributed by atoms with van der Waals surface area (Å²) in [5.41, 5.74) is 8.06. The first-order chi connectivity index (χ1) is 9.00. The Labute approximate surface area is 110 Å². The lowest BCUT2D eigenvalue weighted by Gasteiger charge is -2.26. The first-order valence-corrected chi connectivity index (χ1v) is 5.67. The molecule has 0 atom stereocenters. The van der Waals surface area contributed by atoms with Gasteiger partial charge in [-0.1, -0.05) is 36.4 Å². The monoisotopic (exact) mass is 264 g/mol. The highest BCUT2D eigenvalue weighted by atomic mass is 16.9. The van der Waals surface area contributed by atoms with Gasteiger partial charge in [-0.25, -0.2) is 0 Å². The van der Waals surface area contributed by atoms with Crippen LogP contribution in [0, 0.1) is 15.5 Å². The van der Waals surface area contributed by atoms with Gasteiger partial charge in [-0.05, 0) is 17.6 Å². The molecule has 1 aromatic carbocycles. The summed E-state index contributed by atoms with van der Waals surface area (Å²) in [6.45, 7) is 1.59. The molecular weight excluding hydrogens is 248 g/mol. The topological polar surface area (TPSA) is 116 Å². The van der Waals surface area contributed by atoms with Crippen molar-refractivity contribution in [3.8, 4) is 0 Å². The summed E-state index contributed by atoms with van der Waals surface area (Å²) in [4.78, 5) is 10.2. The largest absolute Gasteiger partial charge is 0.370 e. The highest BCUT2D eigenvalue weighted by molar-refractivity contribution is 5.77. The first kappa shape index (κ1) is 14.5. The van der Waals surface area contributed by atoms with Gasteiger partial charge in [0.25, 0.3) is 5.09 Å². The van der Waals surface area contributed by atoms with Crippen LogP contribution in [0.2, 0.25) is 0 Å². The average Bonchev–Trinajstić information content (AvgIpc) is 2.39. The van der Waals surface area contributed by atoms with E-state index in [4.69, 9.17) is 26.5 Å². The summed E-state index contributed by atoms with van der Waals surface area (Å²) in [5.74, 6) is 0.165. The number of hydrogen-bond donors (Lipinski definition) is 3. The quantitative estimate of drug-likeness (QED) is 0.306. The molecule has 0 aromatic heterocycles. The molecule has 0 spiro atoms. The number of nitrogens with one attached hydrogen (secondary N) is 1. The molecule has 1 heterocycles. The van der Waals surface area contributed by atoms with Gasteiger partial charge in [0.1, 0.15) is 0 Å². The van der Waals surface area contributed by atoms with E-state index in [0.717, 1.165) is 19.5 Å². The number of nitrogens with zero attached hydrogens (tertiary/aromatic N) is 2. The minimum Gasteiger partial charge on any atom is -0.370 e. The van der Waals surface area contributed by atoms with Crippen molar-refractivity contribution in [1.29, 1.82) is 5.41 Å².